The zero-order valence-electron chi connectivity index (χ0n) is 20.0. The van der Waals surface area contributed by atoms with Crippen LogP contribution < -0.4 is 10.1 Å². The fourth-order valence-corrected chi connectivity index (χ4v) is 3.58. The SMILES string of the molecule is Cc1oc(-c2ccccc2)nc1CCOc1ccc(C[C@H](NC(=O)/C(F)=C/c2ccco2)C(=O)O)cc1. The van der Waals surface area contributed by atoms with Gasteiger partial charge in [0.25, 0.3) is 5.91 Å². The topological polar surface area (TPSA) is 115 Å². The zero-order chi connectivity index (χ0) is 26.2. The molecule has 37 heavy (non-hydrogen) atoms. The van der Waals surface area contributed by atoms with Gasteiger partial charge in [0.15, 0.2) is 5.83 Å². The number of hydrogen-bond acceptors (Lipinski definition) is 6. The standard InChI is InChI=1S/C28H25FN2O6/c1-18-24(31-27(37-18)20-6-3-2-4-7-20)13-15-36-21-11-9-19(10-12-21)16-25(28(33)34)30-26(32)23(29)17-22-8-5-14-35-22/h2-12,14,17,25H,13,15-16H2,1H3,(H,30,32)(H,33,34)/b23-17-/t25-/m0/s1. The second-order valence-electron chi connectivity index (χ2n) is 8.21. The lowest BCUT2D eigenvalue weighted by molar-refractivity contribution is -0.141. The number of benzene rings is 2. The summed E-state index contributed by atoms with van der Waals surface area (Å²) in [5.41, 5.74) is 2.35. The van der Waals surface area contributed by atoms with Crippen molar-refractivity contribution >= 4 is 18.0 Å². The Hall–Kier alpha value is -4.66. The first-order valence-corrected chi connectivity index (χ1v) is 11.6. The largest absolute Gasteiger partial charge is 0.493 e. The fourth-order valence-electron chi connectivity index (χ4n) is 3.58. The van der Waals surface area contributed by atoms with Crippen LogP contribution in [0.3, 0.4) is 0 Å². The lowest BCUT2D eigenvalue weighted by Crippen LogP contribution is -2.42. The first-order chi connectivity index (χ1) is 17.9. The smallest absolute Gasteiger partial charge is 0.326 e. The van der Waals surface area contributed by atoms with E-state index in [9.17, 15) is 19.1 Å². The van der Waals surface area contributed by atoms with Crippen molar-refractivity contribution in [3.63, 3.8) is 0 Å². The minimum Gasteiger partial charge on any atom is -0.493 e. The highest BCUT2D eigenvalue weighted by Gasteiger charge is 2.22. The van der Waals surface area contributed by atoms with Crippen LogP contribution in [0.25, 0.3) is 17.5 Å². The van der Waals surface area contributed by atoms with Gasteiger partial charge in [-0.2, -0.15) is 0 Å². The molecule has 0 aliphatic rings. The molecule has 0 radical (unpaired) electrons. The van der Waals surface area contributed by atoms with Crippen LogP contribution in [0.15, 0.2) is 87.7 Å². The molecule has 0 bridgehead atoms. The maximum atomic E-state index is 14.1. The Kier molecular flexibility index (Phi) is 8.15. The Labute approximate surface area is 212 Å². The van der Waals surface area contributed by atoms with Crippen molar-refractivity contribution in [3.05, 3.63) is 102 Å². The van der Waals surface area contributed by atoms with Crippen LogP contribution in [0, 0.1) is 6.92 Å². The van der Waals surface area contributed by atoms with Crippen molar-refractivity contribution in [2.45, 2.75) is 25.8 Å². The van der Waals surface area contributed by atoms with E-state index in [2.05, 4.69) is 10.3 Å². The maximum absolute atomic E-state index is 14.1. The molecule has 2 N–H and O–H groups in total. The second kappa shape index (κ2) is 11.9. The van der Waals surface area contributed by atoms with Gasteiger partial charge in [-0.05, 0) is 48.9 Å². The van der Waals surface area contributed by atoms with Crippen molar-refractivity contribution in [2.24, 2.45) is 0 Å². The summed E-state index contributed by atoms with van der Waals surface area (Å²) in [4.78, 5) is 28.3. The van der Waals surface area contributed by atoms with Crippen molar-refractivity contribution < 1.29 is 32.7 Å². The summed E-state index contributed by atoms with van der Waals surface area (Å²) in [6, 6.07) is 18.1. The van der Waals surface area contributed by atoms with E-state index >= 15 is 0 Å². The molecule has 0 fully saturated rings. The maximum Gasteiger partial charge on any atom is 0.326 e. The quantitative estimate of drug-likeness (QED) is 0.277. The van der Waals surface area contributed by atoms with Gasteiger partial charge in [0, 0.05) is 24.5 Å². The van der Waals surface area contributed by atoms with E-state index in [4.69, 9.17) is 13.6 Å². The number of carbonyl (C=O) groups is 2. The number of aryl methyl sites for hydroxylation is 1. The van der Waals surface area contributed by atoms with Crippen LogP contribution in [-0.4, -0.2) is 34.6 Å². The van der Waals surface area contributed by atoms with Gasteiger partial charge in [-0.25, -0.2) is 14.2 Å². The number of nitrogens with one attached hydrogen (secondary N) is 1. The van der Waals surface area contributed by atoms with Gasteiger partial charge in [0.05, 0.1) is 18.6 Å². The molecule has 2 heterocycles. The molecule has 0 aliphatic carbocycles. The normalized spacial score (nSPS) is 12.2. The molecule has 0 unspecified atom stereocenters. The number of nitrogens with zero attached hydrogens (tertiary/aromatic N) is 1. The lowest BCUT2D eigenvalue weighted by Gasteiger charge is -2.14. The average Bonchev–Trinajstić information content (AvgIpc) is 3.54. The van der Waals surface area contributed by atoms with Crippen LogP contribution in [0.5, 0.6) is 5.75 Å². The Morgan fingerprint density at radius 1 is 1.11 bits per heavy atom. The average molecular weight is 505 g/mol. The molecular formula is C28H25FN2O6. The first-order valence-electron chi connectivity index (χ1n) is 11.6. The van der Waals surface area contributed by atoms with Crippen molar-refractivity contribution in [1.82, 2.24) is 10.3 Å². The third-order valence-electron chi connectivity index (χ3n) is 5.52. The summed E-state index contributed by atoms with van der Waals surface area (Å²) < 4.78 is 30.6. The molecule has 9 heteroatoms. The van der Waals surface area contributed by atoms with Gasteiger partial charge in [-0.3, -0.25) is 4.79 Å². The highest BCUT2D eigenvalue weighted by molar-refractivity contribution is 5.97. The molecule has 190 valence electrons. The number of carboxylic acids is 1. The van der Waals surface area contributed by atoms with E-state index in [-0.39, 0.29) is 12.2 Å². The molecular weight excluding hydrogens is 479 g/mol. The molecule has 8 nitrogen and oxygen atoms in total. The minimum absolute atomic E-state index is 0.0320. The number of furan rings is 1. The van der Waals surface area contributed by atoms with Crippen LogP contribution >= 0.6 is 0 Å². The molecule has 4 rings (SSSR count). The number of aromatic nitrogens is 1. The van der Waals surface area contributed by atoms with Crippen LogP contribution in [0.2, 0.25) is 0 Å². The summed E-state index contributed by atoms with van der Waals surface area (Å²) in [6.07, 6.45) is 2.74. The van der Waals surface area contributed by atoms with Crippen molar-refractivity contribution in [3.8, 4) is 17.2 Å². The molecule has 0 saturated carbocycles. The number of carbonyl (C=O) groups excluding carboxylic acids is 1. The number of amides is 1. The summed E-state index contributed by atoms with van der Waals surface area (Å²) in [6.45, 7) is 2.23. The zero-order valence-corrected chi connectivity index (χ0v) is 20.0. The molecule has 0 saturated heterocycles. The molecule has 1 atom stereocenters. The van der Waals surface area contributed by atoms with E-state index in [1.165, 1.54) is 12.3 Å². The Balaban J connectivity index is 1.30. The van der Waals surface area contributed by atoms with Crippen LogP contribution in [-0.2, 0) is 22.4 Å². The lowest BCUT2D eigenvalue weighted by atomic mass is 10.1. The van der Waals surface area contributed by atoms with E-state index in [0.717, 1.165) is 23.1 Å². The van der Waals surface area contributed by atoms with Crippen molar-refractivity contribution in [1.29, 1.82) is 0 Å². The monoisotopic (exact) mass is 504 g/mol. The predicted octanol–water partition coefficient (Wildman–Crippen LogP) is 4.99. The highest BCUT2D eigenvalue weighted by atomic mass is 19.1. The van der Waals surface area contributed by atoms with Gasteiger partial charge < -0.3 is 24.0 Å². The van der Waals surface area contributed by atoms with Gasteiger partial charge >= 0.3 is 5.97 Å². The van der Waals surface area contributed by atoms with Gasteiger partial charge in [-0.15, -0.1) is 0 Å². The molecule has 4 aromatic rings. The van der Waals surface area contributed by atoms with Crippen LogP contribution in [0.1, 0.15) is 22.8 Å². The number of hydrogen-bond donors (Lipinski definition) is 2. The molecule has 0 aliphatic heterocycles. The van der Waals surface area contributed by atoms with Gasteiger partial charge in [0.1, 0.15) is 23.3 Å². The first kappa shape index (κ1) is 25.4. The van der Waals surface area contributed by atoms with E-state index in [1.54, 1.807) is 30.3 Å². The minimum atomic E-state index is -1.32. The molecule has 2 aromatic carbocycles. The number of carboxylic acid groups (broad SMARTS) is 1. The summed E-state index contributed by atoms with van der Waals surface area (Å²) in [7, 11) is 0. The Morgan fingerprint density at radius 3 is 2.54 bits per heavy atom. The number of ether oxygens (including phenoxy) is 1. The predicted molar refractivity (Wildman–Crippen MR) is 133 cm³/mol. The number of rotatable bonds is 11. The van der Waals surface area contributed by atoms with Gasteiger partial charge in [0.2, 0.25) is 5.89 Å². The third kappa shape index (κ3) is 6.94. The van der Waals surface area contributed by atoms with E-state index in [0.29, 0.717) is 30.2 Å². The van der Waals surface area contributed by atoms with Crippen molar-refractivity contribution in [2.75, 3.05) is 6.61 Å². The van der Waals surface area contributed by atoms with Gasteiger partial charge in [-0.1, -0.05) is 30.3 Å². The molecule has 2 aromatic heterocycles. The Morgan fingerprint density at radius 2 is 1.86 bits per heavy atom. The number of oxazole rings is 1. The molecule has 0 spiro atoms. The van der Waals surface area contributed by atoms with E-state index < -0.39 is 23.7 Å². The molecule has 1 amide bonds. The summed E-state index contributed by atoms with van der Waals surface area (Å²) in [5.74, 6) is -1.53. The Bertz CT molecular complexity index is 1360. The highest BCUT2D eigenvalue weighted by Crippen LogP contribution is 2.22. The summed E-state index contributed by atoms with van der Waals surface area (Å²) in [5, 5.41) is 11.7. The third-order valence-corrected chi connectivity index (χ3v) is 5.52. The number of aliphatic carboxylic acids is 1. The second-order valence-corrected chi connectivity index (χ2v) is 8.21. The summed E-state index contributed by atoms with van der Waals surface area (Å²) >= 11 is 0. The number of halogens is 1. The van der Waals surface area contributed by atoms with Crippen LogP contribution in [0.4, 0.5) is 4.39 Å². The van der Waals surface area contributed by atoms with E-state index in [1.807, 2.05) is 37.3 Å². The fraction of sp³-hybridized carbons (Fsp3) is 0.179.